The van der Waals surface area contributed by atoms with Crippen molar-refractivity contribution < 1.29 is 14.3 Å². The van der Waals surface area contributed by atoms with Crippen molar-refractivity contribution >= 4 is 11.9 Å². The standard InChI is InChI=1S/C14H27NO3/c1-4-6-8-11-15(12-10-14(17)18-3)13(16)9-7-5-2/h4-12H2,1-3H3. The first-order valence-corrected chi connectivity index (χ1v) is 7.00. The molecule has 0 aromatic rings. The van der Waals surface area contributed by atoms with Gasteiger partial charge in [0.2, 0.25) is 5.91 Å². The monoisotopic (exact) mass is 257 g/mol. The number of hydrogen-bond donors (Lipinski definition) is 0. The molecule has 0 atom stereocenters. The minimum atomic E-state index is -0.251. The fourth-order valence-electron chi connectivity index (χ4n) is 1.73. The van der Waals surface area contributed by atoms with E-state index in [0.29, 0.717) is 19.4 Å². The van der Waals surface area contributed by atoms with Crippen molar-refractivity contribution in [2.75, 3.05) is 20.2 Å². The van der Waals surface area contributed by atoms with Crippen LogP contribution in [0.5, 0.6) is 0 Å². The molecule has 0 radical (unpaired) electrons. The lowest BCUT2D eigenvalue weighted by atomic mass is 10.2. The number of hydrogen-bond acceptors (Lipinski definition) is 3. The van der Waals surface area contributed by atoms with E-state index in [2.05, 4.69) is 18.6 Å². The average Bonchev–Trinajstić information content (AvgIpc) is 2.39. The van der Waals surface area contributed by atoms with Gasteiger partial charge in [0.25, 0.3) is 0 Å². The van der Waals surface area contributed by atoms with E-state index in [4.69, 9.17) is 0 Å². The van der Waals surface area contributed by atoms with Crippen molar-refractivity contribution in [3.05, 3.63) is 0 Å². The Morgan fingerprint density at radius 3 is 2.17 bits per heavy atom. The van der Waals surface area contributed by atoms with Gasteiger partial charge in [0, 0.05) is 19.5 Å². The van der Waals surface area contributed by atoms with Gasteiger partial charge in [-0.3, -0.25) is 9.59 Å². The smallest absolute Gasteiger partial charge is 0.307 e. The lowest BCUT2D eigenvalue weighted by molar-refractivity contribution is -0.141. The van der Waals surface area contributed by atoms with Crippen LogP contribution in [-0.2, 0) is 14.3 Å². The summed E-state index contributed by atoms with van der Waals surface area (Å²) >= 11 is 0. The molecule has 0 rings (SSSR count). The van der Waals surface area contributed by atoms with E-state index in [-0.39, 0.29) is 11.9 Å². The average molecular weight is 257 g/mol. The Kier molecular flexibility index (Phi) is 10.4. The molecule has 0 saturated carbocycles. The number of carbonyl (C=O) groups is 2. The molecule has 0 heterocycles. The Bertz CT molecular complexity index is 241. The van der Waals surface area contributed by atoms with Crippen molar-refractivity contribution in [1.82, 2.24) is 4.90 Å². The largest absolute Gasteiger partial charge is 0.469 e. The van der Waals surface area contributed by atoms with E-state index in [1.807, 2.05) is 4.90 Å². The van der Waals surface area contributed by atoms with Crippen molar-refractivity contribution in [2.24, 2.45) is 0 Å². The number of unbranched alkanes of at least 4 members (excludes halogenated alkanes) is 3. The Labute approximate surface area is 111 Å². The molecule has 0 aliphatic heterocycles. The van der Waals surface area contributed by atoms with E-state index in [9.17, 15) is 9.59 Å². The number of nitrogens with zero attached hydrogens (tertiary/aromatic N) is 1. The second-order valence-corrected chi connectivity index (χ2v) is 4.52. The first-order chi connectivity index (χ1) is 8.65. The van der Waals surface area contributed by atoms with Crippen LogP contribution >= 0.6 is 0 Å². The highest BCUT2D eigenvalue weighted by atomic mass is 16.5. The van der Waals surface area contributed by atoms with Crippen LogP contribution in [0.25, 0.3) is 0 Å². The molecule has 0 spiro atoms. The third-order valence-corrected chi connectivity index (χ3v) is 2.94. The highest BCUT2D eigenvalue weighted by Gasteiger charge is 2.14. The van der Waals surface area contributed by atoms with Gasteiger partial charge in [-0.2, -0.15) is 0 Å². The summed E-state index contributed by atoms with van der Waals surface area (Å²) in [6.45, 7) is 5.45. The van der Waals surface area contributed by atoms with Crippen LogP contribution in [-0.4, -0.2) is 37.0 Å². The fraction of sp³-hybridized carbons (Fsp3) is 0.857. The molecule has 0 N–H and O–H groups in total. The Hall–Kier alpha value is -1.06. The third-order valence-electron chi connectivity index (χ3n) is 2.94. The summed E-state index contributed by atoms with van der Waals surface area (Å²) in [6.07, 6.45) is 6.08. The lowest BCUT2D eigenvalue weighted by Crippen LogP contribution is -2.34. The fourth-order valence-corrected chi connectivity index (χ4v) is 1.73. The Morgan fingerprint density at radius 1 is 0.944 bits per heavy atom. The van der Waals surface area contributed by atoms with E-state index in [1.54, 1.807) is 0 Å². The second-order valence-electron chi connectivity index (χ2n) is 4.52. The van der Waals surface area contributed by atoms with E-state index < -0.39 is 0 Å². The normalized spacial score (nSPS) is 10.2. The van der Waals surface area contributed by atoms with Gasteiger partial charge in [-0.15, -0.1) is 0 Å². The molecule has 0 fully saturated rings. The van der Waals surface area contributed by atoms with E-state index in [0.717, 1.165) is 38.6 Å². The second kappa shape index (κ2) is 11.1. The highest BCUT2D eigenvalue weighted by molar-refractivity contribution is 5.77. The number of amides is 1. The summed E-state index contributed by atoms with van der Waals surface area (Å²) in [6, 6.07) is 0. The molecule has 4 nitrogen and oxygen atoms in total. The van der Waals surface area contributed by atoms with Crippen molar-refractivity contribution in [2.45, 2.75) is 58.8 Å². The van der Waals surface area contributed by atoms with Gasteiger partial charge in [-0.1, -0.05) is 33.1 Å². The van der Waals surface area contributed by atoms with Gasteiger partial charge in [-0.25, -0.2) is 0 Å². The number of esters is 1. The zero-order chi connectivity index (χ0) is 13.8. The van der Waals surface area contributed by atoms with Crippen molar-refractivity contribution in [1.29, 1.82) is 0 Å². The van der Waals surface area contributed by atoms with Crippen molar-refractivity contribution in [3.63, 3.8) is 0 Å². The predicted octanol–water partition coefficient (Wildman–Crippen LogP) is 2.76. The Balaban J connectivity index is 4.13. The molecular formula is C14H27NO3. The highest BCUT2D eigenvalue weighted by Crippen LogP contribution is 2.05. The summed E-state index contributed by atoms with van der Waals surface area (Å²) < 4.78 is 4.61. The van der Waals surface area contributed by atoms with Crippen LogP contribution in [0.2, 0.25) is 0 Å². The number of methoxy groups -OCH3 is 1. The molecule has 0 aliphatic rings. The summed E-state index contributed by atoms with van der Waals surface area (Å²) in [7, 11) is 1.38. The molecule has 0 saturated heterocycles. The van der Waals surface area contributed by atoms with Crippen LogP contribution in [0.1, 0.15) is 58.8 Å². The lowest BCUT2D eigenvalue weighted by Gasteiger charge is -2.22. The summed E-state index contributed by atoms with van der Waals surface area (Å²) in [5.74, 6) is -0.0874. The van der Waals surface area contributed by atoms with Crippen LogP contribution in [0.4, 0.5) is 0 Å². The topological polar surface area (TPSA) is 46.6 Å². The third kappa shape index (κ3) is 8.09. The molecule has 4 heteroatoms. The number of rotatable bonds is 10. The molecule has 106 valence electrons. The minimum Gasteiger partial charge on any atom is -0.469 e. The maximum Gasteiger partial charge on any atom is 0.307 e. The van der Waals surface area contributed by atoms with Crippen LogP contribution in [0.15, 0.2) is 0 Å². The quantitative estimate of drug-likeness (QED) is 0.446. The maximum atomic E-state index is 12.0. The predicted molar refractivity (Wildman–Crippen MR) is 72.3 cm³/mol. The number of carbonyl (C=O) groups excluding carboxylic acids is 2. The number of ether oxygens (including phenoxy) is 1. The summed E-state index contributed by atoms with van der Waals surface area (Å²) in [4.78, 5) is 24.9. The van der Waals surface area contributed by atoms with Gasteiger partial charge in [0.1, 0.15) is 0 Å². The van der Waals surface area contributed by atoms with Crippen LogP contribution in [0, 0.1) is 0 Å². The Morgan fingerprint density at radius 2 is 1.61 bits per heavy atom. The molecule has 0 bridgehead atoms. The molecule has 1 amide bonds. The molecular weight excluding hydrogens is 230 g/mol. The van der Waals surface area contributed by atoms with Gasteiger partial charge < -0.3 is 9.64 Å². The summed E-state index contributed by atoms with van der Waals surface area (Å²) in [5.41, 5.74) is 0. The molecule has 0 aromatic carbocycles. The summed E-state index contributed by atoms with van der Waals surface area (Å²) in [5, 5.41) is 0. The first-order valence-electron chi connectivity index (χ1n) is 7.00. The minimum absolute atomic E-state index is 0.164. The van der Waals surface area contributed by atoms with Crippen LogP contribution in [0.3, 0.4) is 0 Å². The van der Waals surface area contributed by atoms with Gasteiger partial charge >= 0.3 is 5.97 Å². The maximum absolute atomic E-state index is 12.0. The van der Waals surface area contributed by atoms with E-state index >= 15 is 0 Å². The zero-order valence-electron chi connectivity index (χ0n) is 12.0. The molecule has 0 aromatic heterocycles. The molecule has 0 aliphatic carbocycles. The van der Waals surface area contributed by atoms with E-state index in [1.165, 1.54) is 7.11 Å². The van der Waals surface area contributed by atoms with Gasteiger partial charge in [-0.05, 0) is 12.8 Å². The molecule has 0 unspecified atom stereocenters. The first kappa shape index (κ1) is 16.9. The van der Waals surface area contributed by atoms with Crippen LogP contribution < -0.4 is 0 Å². The van der Waals surface area contributed by atoms with Crippen molar-refractivity contribution in [3.8, 4) is 0 Å². The van der Waals surface area contributed by atoms with Gasteiger partial charge in [0.15, 0.2) is 0 Å². The zero-order valence-corrected chi connectivity index (χ0v) is 12.0. The van der Waals surface area contributed by atoms with Gasteiger partial charge in [0.05, 0.1) is 13.5 Å². The SMILES string of the molecule is CCCCCN(CCC(=O)OC)C(=O)CCCC. The molecule has 18 heavy (non-hydrogen) atoms.